The van der Waals surface area contributed by atoms with Crippen molar-refractivity contribution in [3.63, 3.8) is 0 Å². The van der Waals surface area contributed by atoms with Gasteiger partial charge in [-0.05, 0) is 41.8 Å². The number of nitrogens with two attached hydrogens (primary N) is 1. The van der Waals surface area contributed by atoms with Crippen molar-refractivity contribution in [1.29, 1.82) is 0 Å². The Morgan fingerprint density at radius 2 is 1.55 bits per heavy atom. The van der Waals surface area contributed by atoms with Crippen LogP contribution in [0.15, 0.2) is 71.6 Å². The number of fused-ring (bicyclic) bond motifs is 2. The van der Waals surface area contributed by atoms with E-state index in [0.29, 0.717) is 28.7 Å². The second-order valence-electron chi connectivity index (χ2n) is 8.10. The molecule has 4 aromatic carbocycles. The largest absolute Gasteiger partial charge is 0.398 e. The predicted molar refractivity (Wildman–Crippen MR) is 135 cm³/mol. The highest BCUT2D eigenvalue weighted by atomic mass is 32.2. The lowest BCUT2D eigenvalue weighted by Gasteiger charge is -2.18. The lowest BCUT2D eigenvalue weighted by atomic mass is 10.0. The zero-order valence-corrected chi connectivity index (χ0v) is 19.5. The number of anilines is 2. The first-order valence-corrected chi connectivity index (χ1v) is 12.4. The summed E-state index contributed by atoms with van der Waals surface area (Å²) >= 11 is 0. The minimum Gasteiger partial charge on any atom is -0.398 e. The SMILES string of the molecule is CCCC(=O)NCc1c(NS(=O)(=O)c2ccc(C)c3ccccc23)cc(N)c2ccccc12. The van der Waals surface area contributed by atoms with Gasteiger partial charge in [0.25, 0.3) is 10.0 Å². The first-order chi connectivity index (χ1) is 15.8. The Balaban J connectivity index is 1.82. The predicted octanol–water partition coefficient (Wildman–Crippen LogP) is 5.10. The second kappa shape index (κ2) is 9.11. The highest BCUT2D eigenvalue weighted by Crippen LogP contribution is 2.34. The van der Waals surface area contributed by atoms with E-state index in [2.05, 4.69) is 10.0 Å². The highest BCUT2D eigenvalue weighted by Gasteiger charge is 2.21. The second-order valence-corrected chi connectivity index (χ2v) is 9.75. The number of carbonyl (C=O) groups is 1. The number of carbonyl (C=O) groups excluding carboxylic acids is 1. The molecule has 0 aliphatic carbocycles. The lowest BCUT2D eigenvalue weighted by molar-refractivity contribution is -0.121. The summed E-state index contributed by atoms with van der Waals surface area (Å²) in [5, 5.41) is 6.03. The van der Waals surface area contributed by atoms with E-state index < -0.39 is 10.0 Å². The van der Waals surface area contributed by atoms with Crippen molar-refractivity contribution in [2.75, 3.05) is 10.5 Å². The van der Waals surface area contributed by atoms with Crippen molar-refractivity contribution < 1.29 is 13.2 Å². The average molecular weight is 462 g/mol. The van der Waals surface area contributed by atoms with Crippen molar-refractivity contribution in [1.82, 2.24) is 5.32 Å². The number of hydrogen-bond acceptors (Lipinski definition) is 4. The molecule has 0 saturated heterocycles. The molecule has 0 unspecified atom stereocenters. The molecular formula is C26H27N3O3S. The van der Waals surface area contributed by atoms with Crippen LogP contribution in [0.1, 0.15) is 30.9 Å². The van der Waals surface area contributed by atoms with Crippen molar-refractivity contribution >= 4 is 48.9 Å². The number of nitrogen functional groups attached to an aromatic ring is 1. The molecule has 1 amide bonds. The van der Waals surface area contributed by atoms with E-state index in [-0.39, 0.29) is 17.3 Å². The van der Waals surface area contributed by atoms with Gasteiger partial charge in [0.05, 0.1) is 10.6 Å². The van der Waals surface area contributed by atoms with Crippen LogP contribution in [0.5, 0.6) is 0 Å². The van der Waals surface area contributed by atoms with Gasteiger partial charge in [0, 0.05) is 35.0 Å². The number of benzene rings is 4. The Labute approximate surface area is 193 Å². The molecule has 0 aliphatic rings. The van der Waals surface area contributed by atoms with E-state index in [1.54, 1.807) is 24.3 Å². The van der Waals surface area contributed by atoms with Gasteiger partial charge in [-0.2, -0.15) is 0 Å². The standard InChI is InChI=1S/C26H27N3O3S/c1-3-8-26(30)28-16-22-19-10-5-6-11-20(19)23(27)15-24(22)29-33(31,32)25-14-13-17(2)18-9-4-7-12-21(18)25/h4-7,9-15,29H,3,8,16,27H2,1-2H3,(H,28,30). The Morgan fingerprint density at radius 1 is 0.909 bits per heavy atom. The fourth-order valence-corrected chi connectivity index (χ4v) is 5.40. The lowest BCUT2D eigenvalue weighted by Crippen LogP contribution is -2.24. The van der Waals surface area contributed by atoms with Crippen LogP contribution in [0.2, 0.25) is 0 Å². The average Bonchev–Trinajstić information content (AvgIpc) is 2.79. The van der Waals surface area contributed by atoms with Gasteiger partial charge < -0.3 is 11.1 Å². The van der Waals surface area contributed by atoms with Gasteiger partial charge in [-0.15, -0.1) is 0 Å². The fourth-order valence-electron chi connectivity index (χ4n) is 4.10. The molecular weight excluding hydrogens is 434 g/mol. The number of amides is 1. The van der Waals surface area contributed by atoms with E-state index in [0.717, 1.165) is 28.1 Å². The van der Waals surface area contributed by atoms with Gasteiger partial charge in [0.1, 0.15) is 0 Å². The first kappa shape index (κ1) is 22.6. The van der Waals surface area contributed by atoms with Crippen LogP contribution >= 0.6 is 0 Å². The molecule has 0 radical (unpaired) electrons. The van der Waals surface area contributed by atoms with Crippen molar-refractivity contribution in [3.8, 4) is 0 Å². The molecule has 0 saturated carbocycles. The van der Waals surface area contributed by atoms with E-state index in [1.807, 2.05) is 56.3 Å². The molecule has 0 heterocycles. The van der Waals surface area contributed by atoms with E-state index in [1.165, 1.54) is 0 Å². The van der Waals surface area contributed by atoms with Gasteiger partial charge in [0.2, 0.25) is 5.91 Å². The summed E-state index contributed by atoms with van der Waals surface area (Å²) in [6, 6.07) is 20.0. The molecule has 0 spiro atoms. The van der Waals surface area contributed by atoms with E-state index in [4.69, 9.17) is 5.73 Å². The smallest absolute Gasteiger partial charge is 0.262 e. The Morgan fingerprint density at radius 3 is 2.24 bits per heavy atom. The Bertz CT molecular complexity index is 1460. The van der Waals surface area contributed by atoms with Gasteiger partial charge in [0.15, 0.2) is 0 Å². The van der Waals surface area contributed by atoms with Crippen molar-refractivity contribution in [3.05, 3.63) is 77.9 Å². The molecule has 0 bridgehead atoms. The molecule has 4 aromatic rings. The topological polar surface area (TPSA) is 101 Å². The molecule has 0 atom stereocenters. The molecule has 0 aromatic heterocycles. The Hall–Kier alpha value is -3.58. The molecule has 0 aliphatic heterocycles. The van der Waals surface area contributed by atoms with Gasteiger partial charge in [-0.3, -0.25) is 9.52 Å². The van der Waals surface area contributed by atoms with Crippen LogP contribution in [-0.4, -0.2) is 14.3 Å². The van der Waals surface area contributed by atoms with Crippen LogP contribution in [0, 0.1) is 6.92 Å². The summed E-state index contributed by atoms with van der Waals surface area (Å²) in [6.07, 6.45) is 1.14. The van der Waals surface area contributed by atoms with Crippen LogP contribution in [0.4, 0.5) is 11.4 Å². The molecule has 7 heteroatoms. The van der Waals surface area contributed by atoms with Crippen LogP contribution in [0.25, 0.3) is 21.5 Å². The van der Waals surface area contributed by atoms with Gasteiger partial charge in [-0.1, -0.05) is 61.5 Å². The van der Waals surface area contributed by atoms with Gasteiger partial charge in [-0.25, -0.2) is 8.42 Å². The molecule has 170 valence electrons. The third kappa shape index (κ3) is 4.50. The number of aryl methyl sites for hydroxylation is 1. The van der Waals surface area contributed by atoms with Crippen LogP contribution in [0.3, 0.4) is 0 Å². The minimum atomic E-state index is -3.93. The third-order valence-corrected chi connectivity index (χ3v) is 7.19. The molecule has 4 N–H and O–H groups in total. The third-order valence-electron chi connectivity index (χ3n) is 5.76. The summed E-state index contributed by atoms with van der Waals surface area (Å²) in [5.74, 6) is -0.0864. The number of hydrogen-bond donors (Lipinski definition) is 3. The van der Waals surface area contributed by atoms with Crippen LogP contribution < -0.4 is 15.8 Å². The van der Waals surface area contributed by atoms with E-state index in [9.17, 15) is 13.2 Å². The minimum absolute atomic E-state index is 0.0864. The summed E-state index contributed by atoms with van der Waals surface area (Å²) < 4.78 is 29.8. The van der Waals surface area contributed by atoms with Crippen molar-refractivity contribution in [2.24, 2.45) is 0 Å². The summed E-state index contributed by atoms with van der Waals surface area (Å²) in [6.45, 7) is 4.07. The zero-order valence-electron chi connectivity index (χ0n) is 18.7. The number of rotatable bonds is 7. The summed E-state index contributed by atoms with van der Waals surface area (Å²) in [7, 11) is -3.93. The summed E-state index contributed by atoms with van der Waals surface area (Å²) in [5.41, 5.74) is 8.76. The number of sulfonamides is 1. The molecule has 4 rings (SSSR count). The quantitative estimate of drug-likeness (QED) is 0.333. The van der Waals surface area contributed by atoms with Crippen molar-refractivity contribution in [2.45, 2.75) is 38.1 Å². The fraction of sp³-hybridized carbons (Fsp3) is 0.192. The highest BCUT2D eigenvalue weighted by molar-refractivity contribution is 7.93. The zero-order chi connectivity index (χ0) is 23.6. The Kier molecular flexibility index (Phi) is 6.24. The maximum atomic E-state index is 13.5. The maximum Gasteiger partial charge on any atom is 0.262 e. The molecule has 0 fully saturated rings. The first-order valence-electron chi connectivity index (χ1n) is 10.9. The normalized spacial score (nSPS) is 11.6. The van der Waals surface area contributed by atoms with Gasteiger partial charge >= 0.3 is 0 Å². The molecule has 33 heavy (non-hydrogen) atoms. The number of nitrogens with one attached hydrogen (secondary N) is 2. The van der Waals surface area contributed by atoms with E-state index >= 15 is 0 Å². The monoisotopic (exact) mass is 461 g/mol. The maximum absolute atomic E-state index is 13.5. The molecule has 6 nitrogen and oxygen atoms in total. The summed E-state index contributed by atoms with van der Waals surface area (Å²) in [4.78, 5) is 12.3. The van der Waals surface area contributed by atoms with Crippen LogP contribution in [-0.2, 0) is 21.4 Å².